The Morgan fingerprint density at radius 2 is 2.15 bits per heavy atom. The van der Waals surface area contributed by atoms with Gasteiger partial charge in [-0.1, -0.05) is 34.8 Å². The van der Waals surface area contributed by atoms with Crippen molar-refractivity contribution >= 4 is 58.4 Å². The van der Waals surface area contributed by atoms with Crippen LogP contribution in [0.5, 0.6) is 0 Å². The highest BCUT2D eigenvalue weighted by atomic mass is 35.6. The molecule has 5 nitrogen and oxygen atoms in total. The first-order valence-electron chi connectivity index (χ1n) is 5.67. The maximum atomic E-state index is 12.1. The van der Waals surface area contributed by atoms with Gasteiger partial charge >= 0.3 is 5.97 Å². The molecule has 2 atom stereocenters. The second kappa shape index (κ2) is 5.93. The molecule has 0 aromatic carbocycles. The van der Waals surface area contributed by atoms with Crippen LogP contribution in [-0.2, 0) is 19.1 Å². The Bertz CT molecular complexity index is 477. The zero-order chi connectivity index (χ0) is 15.1. The van der Waals surface area contributed by atoms with E-state index in [9.17, 15) is 9.59 Å². The van der Waals surface area contributed by atoms with Gasteiger partial charge in [0.15, 0.2) is 6.10 Å². The number of halogens is 3. The molecule has 0 saturated carbocycles. The number of fused-ring (bicyclic) bond motifs is 1. The summed E-state index contributed by atoms with van der Waals surface area (Å²) in [4.78, 5) is 25.4. The Labute approximate surface area is 135 Å². The van der Waals surface area contributed by atoms with Crippen LogP contribution in [-0.4, -0.2) is 51.5 Å². The van der Waals surface area contributed by atoms with Crippen LogP contribution in [0.15, 0.2) is 11.3 Å². The summed E-state index contributed by atoms with van der Waals surface area (Å²) in [5.74, 6) is -0.307. The highest BCUT2D eigenvalue weighted by molar-refractivity contribution is 8.00. The number of amides is 1. The van der Waals surface area contributed by atoms with E-state index >= 15 is 0 Å². The predicted octanol–water partition coefficient (Wildman–Crippen LogP) is 2.10. The number of esters is 1. The summed E-state index contributed by atoms with van der Waals surface area (Å²) >= 11 is 18.2. The average molecular weight is 361 g/mol. The van der Waals surface area contributed by atoms with E-state index in [4.69, 9.17) is 44.3 Å². The van der Waals surface area contributed by atoms with Gasteiger partial charge in [0.25, 0.3) is 5.91 Å². The molecule has 2 heterocycles. The smallest absolute Gasteiger partial charge is 0.355 e. The molecule has 0 N–H and O–H groups in total. The van der Waals surface area contributed by atoms with Crippen molar-refractivity contribution in [3.05, 3.63) is 11.3 Å². The third-order valence-corrected chi connectivity index (χ3v) is 4.65. The molecule has 0 spiro atoms. The van der Waals surface area contributed by atoms with Crippen molar-refractivity contribution in [2.45, 2.75) is 22.2 Å². The van der Waals surface area contributed by atoms with Crippen molar-refractivity contribution in [3.63, 3.8) is 0 Å². The Hall–Kier alpha value is -0.140. The molecular weight excluding hydrogens is 349 g/mol. The molecule has 0 aliphatic carbocycles. The Morgan fingerprint density at radius 3 is 2.70 bits per heavy atom. The van der Waals surface area contributed by atoms with Crippen LogP contribution >= 0.6 is 46.6 Å². The number of hydrogen-bond acceptors (Lipinski definition) is 5. The van der Waals surface area contributed by atoms with Gasteiger partial charge in [-0.3, -0.25) is 9.69 Å². The topological polar surface area (TPSA) is 55.8 Å². The number of ether oxygens (including phenoxy) is 2. The lowest BCUT2D eigenvalue weighted by atomic mass is 10.1. The lowest BCUT2D eigenvalue weighted by Crippen LogP contribution is -2.65. The molecule has 0 aromatic heterocycles. The van der Waals surface area contributed by atoms with Gasteiger partial charge in [-0.25, -0.2) is 4.79 Å². The van der Waals surface area contributed by atoms with Crippen molar-refractivity contribution in [2.24, 2.45) is 0 Å². The second-order valence-electron chi connectivity index (χ2n) is 4.39. The van der Waals surface area contributed by atoms with Crippen molar-refractivity contribution in [1.82, 2.24) is 4.90 Å². The SMILES string of the molecule is CO[C@H]1C(=O)N2C(C(=O)OCC(Cl)(Cl)Cl)=C(C)CS[C@H]12. The van der Waals surface area contributed by atoms with E-state index in [1.807, 2.05) is 0 Å². The number of alkyl halides is 3. The number of hydrogen-bond donors (Lipinski definition) is 0. The molecule has 1 amide bonds. The first-order chi connectivity index (χ1) is 9.26. The minimum absolute atomic E-state index is 0.202. The van der Waals surface area contributed by atoms with E-state index in [1.54, 1.807) is 6.92 Å². The van der Waals surface area contributed by atoms with Crippen molar-refractivity contribution < 1.29 is 19.1 Å². The Kier molecular flexibility index (Phi) is 4.81. The monoisotopic (exact) mass is 359 g/mol. The minimum Gasteiger partial charge on any atom is -0.456 e. The summed E-state index contributed by atoms with van der Waals surface area (Å²) in [7, 11) is 1.46. The van der Waals surface area contributed by atoms with Crippen LogP contribution in [0.25, 0.3) is 0 Å². The minimum atomic E-state index is -1.68. The van der Waals surface area contributed by atoms with Crippen LogP contribution < -0.4 is 0 Å². The van der Waals surface area contributed by atoms with Gasteiger partial charge in [-0.05, 0) is 12.5 Å². The number of methoxy groups -OCH3 is 1. The van der Waals surface area contributed by atoms with E-state index in [0.717, 1.165) is 5.57 Å². The fraction of sp³-hybridized carbons (Fsp3) is 0.636. The summed E-state index contributed by atoms with van der Waals surface area (Å²) in [6, 6.07) is 0. The molecule has 0 aromatic rings. The quantitative estimate of drug-likeness (QED) is 0.438. The summed E-state index contributed by atoms with van der Waals surface area (Å²) in [6.07, 6.45) is -0.524. The molecule has 0 bridgehead atoms. The standard InChI is InChI=1S/C11H12Cl3NO4S/c1-5-3-20-9-7(18-2)8(16)15(9)6(5)10(17)19-4-11(12,13)14/h7,9H,3-4H2,1-2H3/t7-,9+/m0/s1. The van der Waals surface area contributed by atoms with Crippen LogP contribution in [0, 0.1) is 0 Å². The maximum absolute atomic E-state index is 12.1. The highest BCUT2D eigenvalue weighted by Gasteiger charge is 2.53. The number of rotatable bonds is 3. The third kappa shape index (κ3) is 3.04. The van der Waals surface area contributed by atoms with Crippen LogP contribution in [0.2, 0.25) is 0 Å². The lowest BCUT2D eigenvalue weighted by molar-refractivity contribution is -0.163. The molecule has 2 rings (SSSR count). The molecule has 20 heavy (non-hydrogen) atoms. The summed E-state index contributed by atoms with van der Waals surface area (Å²) < 4.78 is 8.37. The lowest BCUT2D eigenvalue weighted by Gasteiger charge is -2.48. The molecule has 2 aliphatic rings. The predicted molar refractivity (Wildman–Crippen MR) is 77.8 cm³/mol. The van der Waals surface area contributed by atoms with Crippen molar-refractivity contribution in [1.29, 1.82) is 0 Å². The molecule has 1 saturated heterocycles. The Balaban J connectivity index is 2.13. The second-order valence-corrected chi connectivity index (χ2v) is 8.01. The van der Waals surface area contributed by atoms with Crippen LogP contribution in [0.1, 0.15) is 6.92 Å². The molecule has 2 aliphatic heterocycles. The zero-order valence-corrected chi connectivity index (χ0v) is 13.8. The molecule has 112 valence electrons. The number of thioether (sulfide) groups is 1. The fourth-order valence-electron chi connectivity index (χ4n) is 2.03. The van der Waals surface area contributed by atoms with E-state index in [0.29, 0.717) is 5.75 Å². The van der Waals surface area contributed by atoms with E-state index < -0.39 is 15.9 Å². The van der Waals surface area contributed by atoms with Gasteiger partial charge < -0.3 is 9.47 Å². The molecule has 0 radical (unpaired) electrons. The number of nitrogens with zero attached hydrogens (tertiary/aromatic N) is 1. The molecule has 1 fully saturated rings. The molecule has 9 heteroatoms. The largest absolute Gasteiger partial charge is 0.456 e. The van der Waals surface area contributed by atoms with E-state index in [1.165, 1.54) is 23.8 Å². The normalized spacial score (nSPS) is 26.2. The number of carbonyl (C=O) groups excluding carboxylic acids is 2. The number of carbonyl (C=O) groups is 2. The van der Waals surface area contributed by atoms with E-state index in [-0.39, 0.29) is 23.6 Å². The van der Waals surface area contributed by atoms with Gasteiger partial charge in [0, 0.05) is 12.9 Å². The third-order valence-electron chi connectivity index (χ3n) is 2.92. The maximum Gasteiger partial charge on any atom is 0.355 e. The first kappa shape index (κ1) is 16.2. The van der Waals surface area contributed by atoms with Gasteiger partial charge in [-0.15, -0.1) is 11.8 Å². The van der Waals surface area contributed by atoms with Gasteiger partial charge in [0.05, 0.1) is 0 Å². The average Bonchev–Trinajstić information content (AvgIpc) is 2.36. The van der Waals surface area contributed by atoms with E-state index in [2.05, 4.69) is 0 Å². The van der Waals surface area contributed by atoms with Crippen molar-refractivity contribution in [2.75, 3.05) is 19.5 Å². The van der Waals surface area contributed by atoms with Gasteiger partial charge in [0.2, 0.25) is 3.79 Å². The van der Waals surface area contributed by atoms with Crippen molar-refractivity contribution in [3.8, 4) is 0 Å². The van der Waals surface area contributed by atoms with Gasteiger partial charge in [-0.2, -0.15) is 0 Å². The number of β-lactam (4-membered cyclic amide) rings is 1. The fourth-order valence-corrected chi connectivity index (χ4v) is 3.51. The van der Waals surface area contributed by atoms with Gasteiger partial charge in [0.1, 0.15) is 17.7 Å². The summed E-state index contributed by atoms with van der Waals surface area (Å²) in [6.45, 7) is 1.39. The highest BCUT2D eigenvalue weighted by Crippen LogP contribution is 2.41. The summed E-state index contributed by atoms with van der Waals surface area (Å²) in [5, 5.41) is -0.202. The molecule has 0 unspecified atom stereocenters. The zero-order valence-electron chi connectivity index (χ0n) is 10.7. The first-order valence-corrected chi connectivity index (χ1v) is 7.85. The van der Waals surface area contributed by atoms with Crippen LogP contribution in [0.4, 0.5) is 0 Å². The molecular formula is C11H12Cl3NO4S. The summed E-state index contributed by atoms with van der Waals surface area (Å²) in [5.41, 5.74) is 0.977. The Morgan fingerprint density at radius 1 is 1.50 bits per heavy atom. The van der Waals surface area contributed by atoms with Crippen LogP contribution in [0.3, 0.4) is 0 Å².